The van der Waals surface area contributed by atoms with Crippen molar-refractivity contribution < 1.29 is 14.4 Å². The SMILES string of the molecule is COc1ccc(Oc2ccc([N+](=O)[O-])cc2)c2ccccc12. The summed E-state index contributed by atoms with van der Waals surface area (Å²) < 4.78 is 11.2. The van der Waals surface area contributed by atoms with Gasteiger partial charge in [-0.05, 0) is 24.3 Å². The Kier molecular flexibility index (Phi) is 3.62. The van der Waals surface area contributed by atoms with Gasteiger partial charge in [0.1, 0.15) is 17.2 Å². The molecule has 0 spiro atoms. The van der Waals surface area contributed by atoms with Gasteiger partial charge in [0.05, 0.1) is 12.0 Å². The Morgan fingerprint density at radius 2 is 1.45 bits per heavy atom. The van der Waals surface area contributed by atoms with Crippen molar-refractivity contribution in [3.8, 4) is 17.2 Å². The molecule has 0 atom stereocenters. The maximum Gasteiger partial charge on any atom is 0.269 e. The minimum Gasteiger partial charge on any atom is -0.496 e. The van der Waals surface area contributed by atoms with Gasteiger partial charge in [0.25, 0.3) is 5.69 Å². The molecule has 3 aromatic rings. The van der Waals surface area contributed by atoms with E-state index in [1.807, 2.05) is 36.4 Å². The molecule has 0 radical (unpaired) electrons. The number of methoxy groups -OCH3 is 1. The number of non-ortho nitro benzene ring substituents is 1. The van der Waals surface area contributed by atoms with Crippen LogP contribution in [0.5, 0.6) is 17.2 Å². The molecule has 0 aliphatic carbocycles. The van der Waals surface area contributed by atoms with E-state index in [0.29, 0.717) is 11.5 Å². The van der Waals surface area contributed by atoms with Gasteiger partial charge in [-0.1, -0.05) is 24.3 Å². The number of rotatable bonds is 4. The number of nitro benzene ring substituents is 1. The number of nitro groups is 1. The predicted octanol–water partition coefficient (Wildman–Crippen LogP) is 4.55. The Hall–Kier alpha value is -3.08. The Morgan fingerprint density at radius 1 is 0.864 bits per heavy atom. The van der Waals surface area contributed by atoms with Crippen LogP contribution >= 0.6 is 0 Å². The van der Waals surface area contributed by atoms with Crippen molar-refractivity contribution in [2.24, 2.45) is 0 Å². The van der Waals surface area contributed by atoms with Crippen molar-refractivity contribution in [3.63, 3.8) is 0 Å². The van der Waals surface area contributed by atoms with Gasteiger partial charge in [-0.3, -0.25) is 10.1 Å². The van der Waals surface area contributed by atoms with Crippen LogP contribution in [0.1, 0.15) is 0 Å². The molecule has 110 valence electrons. The van der Waals surface area contributed by atoms with Crippen molar-refractivity contribution in [3.05, 3.63) is 70.8 Å². The molecule has 3 aromatic carbocycles. The minimum absolute atomic E-state index is 0.0342. The van der Waals surface area contributed by atoms with Crippen molar-refractivity contribution in [2.45, 2.75) is 0 Å². The molecule has 0 saturated heterocycles. The van der Waals surface area contributed by atoms with E-state index in [1.165, 1.54) is 12.1 Å². The van der Waals surface area contributed by atoms with Gasteiger partial charge in [-0.15, -0.1) is 0 Å². The van der Waals surface area contributed by atoms with Crippen LogP contribution in [-0.4, -0.2) is 12.0 Å². The molecule has 22 heavy (non-hydrogen) atoms. The molecule has 3 rings (SSSR count). The molecule has 0 fully saturated rings. The van der Waals surface area contributed by atoms with Gasteiger partial charge in [-0.25, -0.2) is 0 Å². The number of hydrogen-bond donors (Lipinski definition) is 0. The number of hydrogen-bond acceptors (Lipinski definition) is 4. The predicted molar refractivity (Wildman–Crippen MR) is 83.7 cm³/mol. The van der Waals surface area contributed by atoms with E-state index < -0.39 is 4.92 Å². The van der Waals surface area contributed by atoms with Crippen LogP contribution < -0.4 is 9.47 Å². The molecule has 5 nitrogen and oxygen atoms in total. The van der Waals surface area contributed by atoms with Gasteiger partial charge >= 0.3 is 0 Å². The second-order valence-corrected chi connectivity index (χ2v) is 4.66. The summed E-state index contributed by atoms with van der Waals surface area (Å²) in [6.45, 7) is 0. The monoisotopic (exact) mass is 295 g/mol. The molecule has 0 amide bonds. The molecule has 0 aliphatic rings. The van der Waals surface area contributed by atoms with Crippen molar-refractivity contribution in [2.75, 3.05) is 7.11 Å². The lowest BCUT2D eigenvalue weighted by molar-refractivity contribution is -0.384. The second-order valence-electron chi connectivity index (χ2n) is 4.66. The first kappa shape index (κ1) is 13.9. The Morgan fingerprint density at radius 3 is 2.05 bits per heavy atom. The van der Waals surface area contributed by atoms with Gasteiger partial charge < -0.3 is 9.47 Å². The molecule has 0 unspecified atom stereocenters. The summed E-state index contributed by atoms with van der Waals surface area (Å²) in [5.74, 6) is 1.98. The Labute approximate surface area is 126 Å². The number of fused-ring (bicyclic) bond motifs is 1. The summed E-state index contributed by atoms with van der Waals surface area (Å²) in [7, 11) is 1.62. The smallest absolute Gasteiger partial charge is 0.269 e. The van der Waals surface area contributed by atoms with Gasteiger partial charge in [0.15, 0.2) is 0 Å². The fourth-order valence-electron chi connectivity index (χ4n) is 2.27. The van der Waals surface area contributed by atoms with Crippen LogP contribution in [0.25, 0.3) is 10.8 Å². The van der Waals surface area contributed by atoms with Gasteiger partial charge in [0.2, 0.25) is 0 Å². The topological polar surface area (TPSA) is 61.6 Å². The Bertz CT molecular complexity index is 828. The largest absolute Gasteiger partial charge is 0.496 e. The standard InChI is InChI=1S/C17H13NO4/c1-21-16-10-11-17(15-5-3-2-4-14(15)16)22-13-8-6-12(7-9-13)18(19)20/h2-11H,1H3. The maximum atomic E-state index is 10.7. The molecule has 5 heteroatoms. The van der Waals surface area contributed by atoms with Gasteiger partial charge in [-0.2, -0.15) is 0 Å². The average Bonchev–Trinajstić information content (AvgIpc) is 2.55. The average molecular weight is 295 g/mol. The highest BCUT2D eigenvalue weighted by Crippen LogP contribution is 2.35. The lowest BCUT2D eigenvalue weighted by Crippen LogP contribution is -1.90. The molecule has 0 aromatic heterocycles. The third-order valence-corrected chi connectivity index (χ3v) is 3.34. The molecule has 0 heterocycles. The zero-order valence-electron chi connectivity index (χ0n) is 11.9. The molecule has 0 aliphatic heterocycles. The highest BCUT2D eigenvalue weighted by atomic mass is 16.6. The summed E-state index contributed by atoms with van der Waals surface area (Å²) in [6, 6.07) is 17.4. The van der Waals surface area contributed by atoms with E-state index in [9.17, 15) is 10.1 Å². The van der Waals surface area contributed by atoms with Crippen LogP contribution in [-0.2, 0) is 0 Å². The third-order valence-electron chi connectivity index (χ3n) is 3.34. The summed E-state index contributed by atoms with van der Waals surface area (Å²) >= 11 is 0. The number of benzene rings is 3. The quantitative estimate of drug-likeness (QED) is 0.523. The van der Waals surface area contributed by atoms with Crippen LogP contribution in [0.3, 0.4) is 0 Å². The highest BCUT2D eigenvalue weighted by molar-refractivity contribution is 5.93. The Balaban J connectivity index is 1.99. The molecule has 0 saturated carbocycles. The number of nitrogens with zero attached hydrogens (tertiary/aromatic N) is 1. The fraction of sp³-hybridized carbons (Fsp3) is 0.0588. The zero-order chi connectivity index (χ0) is 15.5. The normalized spacial score (nSPS) is 10.4. The van der Waals surface area contributed by atoms with Gasteiger partial charge in [0, 0.05) is 22.9 Å². The van der Waals surface area contributed by atoms with Crippen LogP contribution in [0, 0.1) is 10.1 Å². The summed E-state index contributed by atoms with van der Waals surface area (Å²) in [5, 5.41) is 12.5. The summed E-state index contributed by atoms with van der Waals surface area (Å²) in [4.78, 5) is 10.2. The summed E-state index contributed by atoms with van der Waals surface area (Å²) in [5.41, 5.74) is 0.0342. The van der Waals surface area contributed by atoms with Crippen molar-refractivity contribution >= 4 is 16.5 Å². The zero-order valence-corrected chi connectivity index (χ0v) is 11.9. The first-order valence-electron chi connectivity index (χ1n) is 6.67. The minimum atomic E-state index is -0.438. The van der Waals surface area contributed by atoms with Crippen molar-refractivity contribution in [1.29, 1.82) is 0 Å². The van der Waals surface area contributed by atoms with Crippen LogP contribution in [0.4, 0.5) is 5.69 Å². The first-order valence-corrected chi connectivity index (χ1v) is 6.67. The number of ether oxygens (including phenoxy) is 2. The molecular formula is C17H13NO4. The van der Waals surface area contributed by atoms with E-state index in [4.69, 9.17) is 9.47 Å². The molecular weight excluding hydrogens is 282 g/mol. The van der Waals surface area contributed by atoms with Crippen LogP contribution in [0.2, 0.25) is 0 Å². The van der Waals surface area contributed by atoms with E-state index in [2.05, 4.69) is 0 Å². The fourth-order valence-corrected chi connectivity index (χ4v) is 2.27. The molecule has 0 bridgehead atoms. The van der Waals surface area contributed by atoms with Crippen LogP contribution in [0.15, 0.2) is 60.7 Å². The second kappa shape index (κ2) is 5.73. The van der Waals surface area contributed by atoms with E-state index in [0.717, 1.165) is 16.5 Å². The lowest BCUT2D eigenvalue weighted by atomic mass is 10.1. The molecule has 0 N–H and O–H groups in total. The van der Waals surface area contributed by atoms with E-state index in [1.54, 1.807) is 19.2 Å². The van der Waals surface area contributed by atoms with E-state index >= 15 is 0 Å². The highest BCUT2D eigenvalue weighted by Gasteiger charge is 2.09. The van der Waals surface area contributed by atoms with Crippen molar-refractivity contribution in [1.82, 2.24) is 0 Å². The maximum absolute atomic E-state index is 10.7. The summed E-state index contributed by atoms with van der Waals surface area (Å²) in [6.07, 6.45) is 0. The first-order chi connectivity index (χ1) is 10.7. The van der Waals surface area contributed by atoms with E-state index in [-0.39, 0.29) is 5.69 Å². The lowest BCUT2D eigenvalue weighted by Gasteiger charge is -2.11. The third kappa shape index (κ3) is 2.56.